The lowest BCUT2D eigenvalue weighted by molar-refractivity contribution is 0.0929. The number of aromatic nitrogens is 1. The first kappa shape index (κ1) is 18.2. The van der Waals surface area contributed by atoms with Crippen molar-refractivity contribution in [3.63, 3.8) is 0 Å². The Morgan fingerprint density at radius 2 is 1.88 bits per heavy atom. The van der Waals surface area contributed by atoms with E-state index in [1.165, 1.54) is 12.1 Å². The normalized spacial score (nSPS) is 12.3. The minimum Gasteiger partial charge on any atom is -0.348 e. The molecule has 1 N–H and O–H groups in total. The second-order valence-electron chi connectivity index (χ2n) is 6.29. The van der Waals surface area contributed by atoms with Crippen molar-refractivity contribution < 1.29 is 13.6 Å². The van der Waals surface area contributed by atoms with Gasteiger partial charge in [-0.05, 0) is 51.3 Å². The third-order valence-electron chi connectivity index (χ3n) is 4.68. The van der Waals surface area contributed by atoms with Crippen molar-refractivity contribution >= 4 is 5.91 Å². The SMILES string of the molecule is CC[C@H](C)NC(=O)c1c(C)c(C)c(C)n1Cc1ccc(F)cc1F. The zero-order chi connectivity index (χ0) is 18.0. The maximum atomic E-state index is 14.0. The van der Waals surface area contributed by atoms with Gasteiger partial charge in [-0.1, -0.05) is 13.0 Å². The number of carbonyl (C=O) groups is 1. The topological polar surface area (TPSA) is 34.0 Å². The van der Waals surface area contributed by atoms with Crippen molar-refractivity contribution in [1.29, 1.82) is 0 Å². The minimum atomic E-state index is -0.609. The first-order chi connectivity index (χ1) is 11.3. The van der Waals surface area contributed by atoms with Crippen LogP contribution in [0, 0.1) is 32.4 Å². The van der Waals surface area contributed by atoms with Gasteiger partial charge in [0.05, 0.1) is 6.54 Å². The zero-order valence-electron chi connectivity index (χ0n) is 14.8. The molecule has 1 aromatic heterocycles. The van der Waals surface area contributed by atoms with E-state index >= 15 is 0 Å². The maximum absolute atomic E-state index is 14.0. The molecular weight excluding hydrogens is 310 g/mol. The van der Waals surface area contributed by atoms with Crippen LogP contribution in [0.1, 0.15) is 53.1 Å². The fraction of sp³-hybridized carbons (Fsp3) is 0.421. The van der Waals surface area contributed by atoms with Gasteiger partial charge in [-0.15, -0.1) is 0 Å². The van der Waals surface area contributed by atoms with Crippen molar-refractivity contribution in [2.24, 2.45) is 0 Å². The molecule has 1 heterocycles. The maximum Gasteiger partial charge on any atom is 0.268 e. The van der Waals surface area contributed by atoms with Crippen LogP contribution in [0.2, 0.25) is 0 Å². The van der Waals surface area contributed by atoms with Crippen LogP contribution >= 0.6 is 0 Å². The molecule has 0 saturated carbocycles. The van der Waals surface area contributed by atoms with Crippen LogP contribution < -0.4 is 5.32 Å². The number of benzene rings is 1. The van der Waals surface area contributed by atoms with Crippen LogP contribution in [0.3, 0.4) is 0 Å². The molecule has 0 aliphatic rings. The standard InChI is InChI=1S/C19H24F2N2O/c1-6-11(2)22-19(24)18-13(4)12(3)14(5)23(18)10-15-7-8-16(20)9-17(15)21/h7-9,11H,6,10H2,1-5H3,(H,22,24)/t11-/m0/s1. The van der Waals surface area contributed by atoms with Gasteiger partial charge >= 0.3 is 0 Å². The van der Waals surface area contributed by atoms with Crippen LogP contribution in [0.4, 0.5) is 8.78 Å². The first-order valence-electron chi connectivity index (χ1n) is 8.17. The largest absolute Gasteiger partial charge is 0.348 e. The van der Waals surface area contributed by atoms with Gasteiger partial charge < -0.3 is 9.88 Å². The molecule has 1 atom stereocenters. The summed E-state index contributed by atoms with van der Waals surface area (Å²) in [6.07, 6.45) is 0.829. The highest BCUT2D eigenvalue weighted by Crippen LogP contribution is 2.24. The molecule has 5 heteroatoms. The van der Waals surface area contributed by atoms with Crippen LogP contribution in [0.5, 0.6) is 0 Å². The Hall–Kier alpha value is -2.17. The number of rotatable bonds is 5. The Morgan fingerprint density at radius 1 is 1.21 bits per heavy atom. The fourth-order valence-electron chi connectivity index (χ4n) is 2.73. The van der Waals surface area contributed by atoms with Crippen LogP contribution in [-0.2, 0) is 6.54 Å². The Morgan fingerprint density at radius 3 is 2.46 bits per heavy atom. The molecule has 0 fully saturated rings. The van der Waals surface area contributed by atoms with Gasteiger partial charge in [0.2, 0.25) is 0 Å². The lowest BCUT2D eigenvalue weighted by atomic mass is 10.1. The lowest BCUT2D eigenvalue weighted by Crippen LogP contribution is -2.34. The van der Waals surface area contributed by atoms with Gasteiger partial charge in [0.1, 0.15) is 17.3 Å². The Bertz CT molecular complexity index is 765. The predicted octanol–water partition coefficient (Wildman–Crippen LogP) is 4.27. The van der Waals surface area contributed by atoms with E-state index in [0.29, 0.717) is 11.3 Å². The summed E-state index contributed by atoms with van der Waals surface area (Å²) in [6.45, 7) is 9.88. The van der Waals surface area contributed by atoms with Crippen molar-refractivity contribution in [1.82, 2.24) is 9.88 Å². The average Bonchev–Trinajstić information content (AvgIpc) is 2.74. The molecule has 24 heavy (non-hydrogen) atoms. The second-order valence-corrected chi connectivity index (χ2v) is 6.29. The van der Waals surface area contributed by atoms with Crippen LogP contribution in [0.15, 0.2) is 18.2 Å². The van der Waals surface area contributed by atoms with E-state index in [-0.39, 0.29) is 18.5 Å². The number of hydrogen-bond donors (Lipinski definition) is 1. The molecular formula is C19H24F2N2O. The lowest BCUT2D eigenvalue weighted by Gasteiger charge is -2.16. The number of nitrogens with one attached hydrogen (secondary N) is 1. The van der Waals surface area contributed by atoms with Crippen molar-refractivity contribution in [3.8, 4) is 0 Å². The van der Waals surface area contributed by atoms with Crippen LogP contribution in [-0.4, -0.2) is 16.5 Å². The molecule has 130 valence electrons. The molecule has 0 unspecified atom stereocenters. The Labute approximate surface area is 141 Å². The third kappa shape index (κ3) is 3.50. The molecule has 0 spiro atoms. The minimum absolute atomic E-state index is 0.0587. The van der Waals surface area contributed by atoms with Gasteiger partial charge in [0.25, 0.3) is 5.91 Å². The number of hydrogen-bond acceptors (Lipinski definition) is 1. The van der Waals surface area contributed by atoms with Gasteiger partial charge in [-0.25, -0.2) is 8.78 Å². The van der Waals surface area contributed by atoms with Gasteiger partial charge in [0.15, 0.2) is 0 Å². The molecule has 1 aromatic carbocycles. The smallest absolute Gasteiger partial charge is 0.268 e. The van der Waals surface area contributed by atoms with Crippen molar-refractivity contribution in [2.45, 2.75) is 53.6 Å². The fourth-order valence-corrected chi connectivity index (χ4v) is 2.73. The molecule has 2 rings (SSSR count). The summed E-state index contributed by atoms with van der Waals surface area (Å²) in [5.41, 5.74) is 3.69. The van der Waals surface area contributed by atoms with Gasteiger partial charge in [-0.3, -0.25) is 4.79 Å². The van der Waals surface area contributed by atoms with Crippen molar-refractivity contribution in [2.75, 3.05) is 0 Å². The summed E-state index contributed by atoms with van der Waals surface area (Å²) in [4.78, 5) is 12.7. The van der Waals surface area contributed by atoms with Crippen LogP contribution in [0.25, 0.3) is 0 Å². The number of halogens is 2. The molecule has 3 nitrogen and oxygen atoms in total. The Balaban J connectivity index is 2.45. The highest BCUT2D eigenvalue weighted by Gasteiger charge is 2.22. The molecule has 0 radical (unpaired) electrons. The van der Waals surface area contributed by atoms with Crippen molar-refractivity contribution in [3.05, 3.63) is 57.9 Å². The average molecular weight is 334 g/mol. The molecule has 0 aliphatic heterocycles. The van der Waals surface area contributed by atoms with Gasteiger partial charge in [0, 0.05) is 23.4 Å². The van der Waals surface area contributed by atoms with E-state index in [9.17, 15) is 13.6 Å². The van der Waals surface area contributed by atoms with E-state index in [0.717, 1.165) is 29.3 Å². The van der Waals surface area contributed by atoms with Gasteiger partial charge in [-0.2, -0.15) is 0 Å². The Kier molecular flexibility index (Phi) is 5.42. The summed E-state index contributed by atoms with van der Waals surface area (Å²) < 4.78 is 28.9. The van der Waals surface area contributed by atoms with E-state index in [4.69, 9.17) is 0 Å². The van der Waals surface area contributed by atoms with E-state index in [1.807, 2.05) is 34.6 Å². The number of amides is 1. The molecule has 0 saturated heterocycles. The summed E-state index contributed by atoms with van der Waals surface area (Å²) in [5.74, 6) is -1.38. The molecule has 0 aliphatic carbocycles. The van der Waals surface area contributed by atoms with E-state index in [1.54, 1.807) is 4.57 Å². The highest BCUT2D eigenvalue weighted by atomic mass is 19.1. The zero-order valence-corrected chi connectivity index (χ0v) is 14.8. The summed E-state index contributed by atoms with van der Waals surface area (Å²) in [6, 6.07) is 3.58. The van der Waals surface area contributed by atoms with E-state index < -0.39 is 11.6 Å². The monoisotopic (exact) mass is 334 g/mol. The molecule has 2 aromatic rings. The number of nitrogens with zero attached hydrogens (tertiary/aromatic N) is 1. The first-order valence-corrected chi connectivity index (χ1v) is 8.17. The highest BCUT2D eigenvalue weighted by molar-refractivity contribution is 5.95. The second kappa shape index (κ2) is 7.16. The summed E-state index contributed by atoms with van der Waals surface area (Å²) in [7, 11) is 0. The quantitative estimate of drug-likeness (QED) is 0.870. The third-order valence-corrected chi connectivity index (χ3v) is 4.68. The molecule has 0 bridgehead atoms. The molecule has 1 amide bonds. The van der Waals surface area contributed by atoms with E-state index in [2.05, 4.69) is 5.32 Å². The summed E-state index contributed by atoms with van der Waals surface area (Å²) in [5, 5.41) is 2.96. The predicted molar refractivity (Wildman–Crippen MR) is 91.3 cm³/mol. The summed E-state index contributed by atoms with van der Waals surface area (Å²) >= 11 is 0. The number of carbonyl (C=O) groups excluding carboxylic acids is 1.